The highest BCUT2D eigenvalue weighted by Crippen LogP contribution is 2.29. The molecule has 1 heterocycles. The van der Waals surface area contributed by atoms with Crippen LogP contribution in [0.5, 0.6) is 11.5 Å². The van der Waals surface area contributed by atoms with Gasteiger partial charge in [-0.25, -0.2) is 9.97 Å². The van der Waals surface area contributed by atoms with Crippen molar-refractivity contribution in [1.29, 1.82) is 0 Å². The Morgan fingerprint density at radius 1 is 1.06 bits per heavy atom. The Hall–Kier alpha value is -3.66. The van der Waals surface area contributed by atoms with Crippen LogP contribution in [0.3, 0.4) is 0 Å². The molecule has 1 N–H and O–H groups in total. The van der Waals surface area contributed by atoms with Crippen molar-refractivity contribution in [1.82, 2.24) is 9.97 Å². The van der Waals surface area contributed by atoms with E-state index >= 15 is 0 Å². The molecule has 0 fully saturated rings. The Morgan fingerprint density at radius 3 is 2.39 bits per heavy atom. The number of anilines is 1. The zero-order valence-corrected chi connectivity index (χ0v) is 17.9. The van der Waals surface area contributed by atoms with Gasteiger partial charge in [-0.3, -0.25) is 14.9 Å². The van der Waals surface area contributed by atoms with E-state index in [0.29, 0.717) is 10.9 Å². The highest BCUT2D eigenvalue weighted by molar-refractivity contribution is 7.99. The van der Waals surface area contributed by atoms with Crippen LogP contribution in [-0.2, 0) is 4.79 Å². The third-order valence-corrected chi connectivity index (χ3v) is 5.07. The molecule has 0 unspecified atom stereocenters. The van der Waals surface area contributed by atoms with Crippen LogP contribution in [0.25, 0.3) is 11.3 Å². The topological polar surface area (TPSA) is 116 Å². The van der Waals surface area contributed by atoms with Crippen LogP contribution in [0, 0.1) is 17.0 Å². The zero-order chi connectivity index (χ0) is 22.4. The summed E-state index contributed by atoms with van der Waals surface area (Å²) in [6.07, 6.45) is 0. The molecule has 1 aromatic heterocycles. The maximum absolute atomic E-state index is 12.4. The Bertz CT molecular complexity index is 1110. The maximum Gasteiger partial charge on any atom is 0.296 e. The number of amides is 1. The average Bonchev–Trinajstić information content (AvgIpc) is 2.77. The smallest absolute Gasteiger partial charge is 0.296 e. The number of carbonyl (C=O) groups excluding carboxylic acids is 1. The van der Waals surface area contributed by atoms with Crippen LogP contribution in [-0.4, -0.2) is 40.8 Å². The number of nitro benzene ring substituents is 1. The lowest BCUT2D eigenvalue weighted by atomic mass is 10.1. The van der Waals surface area contributed by atoms with E-state index in [9.17, 15) is 14.9 Å². The number of aromatic nitrogens is 2. The second-order valence-corrected chi connectivity index (χ2v) is 7.33. The van der Waals surface area contributed by atoms with Crippen LogP contribution in [0.1, 0.15) is 5.69 Å². The van der Waals surface area contributed by atoms with Gasteiger partial charge in [-0.15, -0.1) is 0 Å². The Morgan fingerprint density at radius 2 is 1.74 bits per heavy atom. The first-order valence-electron chi connectivity index (χ1n) is 9.15. The van der Waals surface area contributed by atoms with Crippen LogP contribution in [0.15, 0.2) is 53.7 Å². The van der Waals surface area contributed by atoms with Crippen LogP contribution in [0.2, 0.25) is 0 Å². The van der Waals surface area contributed by atoms with Gasteiger partial charge in [0, 0.05) is 11.3 Å². The van der Waals surface area contributed by atoms with E-state index < -0.39 is 10.8 Å². The lowest BCUT2D eigenvalue weighted by Crippen LogP contribution is -2.15. The SMILES string of the molecule is COc1ccc(-c2cc(C)nc(SCC(=O)Nc3ccc(OC)cc3[N+](=O)[O-])n2)cc1. The molecule has 3 aromatic rings. The molecule has 0 aliphatic heterocycles. The van der Waals surface area contributed by atoms with Crippen molar-refractivity contribution in [3.63, 3.8) is 0 Å². The summed E-state index contributed by atoms with van der Waals surface area (Å²) in [5.41, 5.74) is 2.23. The molecule has 0 spiro atoms. The summed E-state index contributed by atoms with van der Waals surface area (Å²) in [6, 6.07) is 13.6. The van der Waals surface area contributed by atoms with E-state index in [1.54, 1.807) is 13.2 Å². The fourth-order valence-corrected chi connectivity index (χ4v) is 3.43. The van der Waals surface area contributed by atoms with Crippen molar-refractivity contribution in [2.24, 2.45) is 0 Å². The molecule has 10 heteroatoms. The number of nitrogens with zero attached hydrogens (tertiary/aromatic N) is 3. The minimum atomic E-state index is -0.573. The molecular weight excluding hydrogens is 420 g/mol. The fraction of sp³-hybridized carbons (Fsp3) is 0.190. The summed E-state index contributed by atoms with van der Waals surface area (Å²) in [5, 5.41) is 14.3. The van der Waals surface area contributed by atoms with Crippen molar-refractivity contribution in [2.45, 2.75) is 12.1 Å². The molecule has 31 heavy (non-hydrogen) atoms. The minimum Gasteiger partial charge on any atom is -0.497 e. The van der Waals surface area contributed by atoms with Gasteiger partial charge in [0.1, 0.15) is 17.2 Å². The summed E-state index contributed by atoms with van der Waals surface area (Å²) in [4.78, 5) is 31.9. The number of thioether (sulfide) groups is 1. The van der Waals surface area contributed by atoms with Crippen LogP contribution < -0.4 is 14.8 Å². The average molecular weight is 440 g/mol. The second kappa shape index (κ2) is 9.90. The predicted molar refractivity (Wildman–Crippen MR) is 118 cm³/mol. The first kappa shape index (κ1) is 22.0. The van der Waals surface area contributed by atoms with E-state index in [4.69, 9.17) is 9.47 Å². The van der Waals surface area contributed by atoms with E-state index in [1.807, 2.05) is 37.3 Å². The van der Waals surface area contributed by atoms with Gasteiger partial charge in [-0.2, -0.15) is 0 Å². The van der Waals surface area contributed by atoms with Crippen molar-refractivity contribution < 1.29 is 19.2 Å². The molecule has 0 saturated carbocycles. The normalized spacial score (nSPS) is 10.4. The van der Waals surface area contributed by atoms with Gasteiger partial charge in [0.15, 0.2) is 5.16 Å². The lowest BCUT2D eigenvalue weighted by molar-refractivity contribution is -0.384. The molecule has 160 valence electrons. The summed E-state index contributed by atoms with van der Waals surface area (Å²) in [6.45, 7) is 1.85. The Labute approximate surface area is 183 Å². The third kappa shape index (κ3) is 5.70. The third-order valence-electron chi connectivity index (χ3n) is 4.23. The molecule has 2 aromatic carbocycles. The van der Waals surface area contributed by atoms with E-state index in [1.165, 1.54) is 19.2 Å². The Balaban J connectivity index is 1.70. The van der Waals surface area contributed by atoms with E-state index in [-0.39, 0.29) is 17.1 Å². The van der Waals surface area contributed by atoms with Gasteiger partial charge >= 0.3 is 0 Å². The number of ether oxygens (including phenoxy) is 2. The standard InChI is InChI=1S/C21H20N4O5S/c1-13-10-18(14-4-6-15(29-2)7-5-14)24-21(22-13)31-12-20(26)23-17-9-8-16(30-3)11-19(17)25(27)28/h4-11H,12H2,1-3H3,(H,23,26). The fourth-order valence-electron chi connectivity index (χ4n) is 2.73. The summed E-state index contributed by atoms with van der Waals surface area (Å²) < 4.78 is 10.2. The number of nitrogens with one attached hydrogen (secondary N) is 1. The summed E-state index contributed by atoms with van der Waals surface area (Å²) in [7, 11) is 3.01. The van der Waals surface area contributed by atoms with Crippen LogP contribution in [0.4, 0.5) is 11.4 Å². The minimum absolute atomic E-state index is 0.00527. The second-order valence-electron chi connectivity index (χ2n) is 6.38. The highest BCUT2D eigenvalue weighted by Gasteiger charge is 2.18. The van der Waals surface area contributed by atoms with Crippen molar-refractivity contribution in [2.75, 3.05) is 25.3 Å². The molecule has 0 radical (unpaired) electrons. The molecule has 0 bridgehead atoms. The Kier molecular flexibility index (Phi) is 7.03. The van der Waals surface area contributed by atoms with Gasteiger partial charge in [-0.05, 0) is 49.4 Å². The largest absolute Gasteiger partial charge is 0.497 e. The molecule has 0 atom stereocenters. The van der Waals surface area contributed by atoms with Gasteiger partial charge < -0.3 is 14.8 Å². The van der Waals surface area contributed by atoms with Gasteiger partial charge in [0.25, 0.3) is 5.69 Å². The summed E-state index contributed by atoms with van der Waals surface area (Å²) in [5.74, 6) is 0.662. The predicted octanol–water partition coefficient (Wildman–Crippen LogP) is 4.11. The lowest BCUT2D eigenvalue weighted by Gasteiger charge is -2.08. The number of carbonyl (C=O) groups is 1. The number of benzene rings is 2. The molecule has 0 aliphatic rings. The molecular formula is C21H20N4O5S. The quantitative estimate of drug-likeness (QED) is 0.241. The van der Waals surface area contributed by atoms with Gasteiger partial charge in [-0.1, -0.05) is 11.8 Å². The molecule has 9 nitrogen and oxygen atoms in total. The number of aryl methyl sites for hydroxylation is 1. The number of hydrogen-bond acceptors (Lipinski definition) is 8. The number of rotatable bonds is 8. The number of hydrogen-bond donors (Lipinski definition) is 1. The number of nitro groups is 1. The number of methoxy groups -OCH3 is 2. The summed E-state index contributed by atoms with van der Waals surface area (Å²) >= 11 is 1.15. The molecule has 1 amide bonds. The van der Waals surface area contributed by atoms with E-state index in [0.717, 1.165) is 34.5 Å². The highest BCUT2D eigenvalue weighted by atomic mass is 32.2. The maximum atomic E-state index is 12.4. The first-order valence-corrected chi connectivity index (χ1v) is 10.1. The van der Waals surface area contributed by atoms with Gasteiger partial charge in [0.2, 0.25) is 5.91 Å². The van der Waals surface area contributed by atoms with Gasteiger partial charge in [0.05, 0.1) is 36.7 Å². The van der Waals surface area contributed by atoms with Crippen molar-refractivity contribution >= 4 is 29.0 Å². The molecule has 0 saturated heterocycles. The first-order chi connectivity index (χ1) is 14.9. The zero-order valence-electron chi connectivity index (χ0n) is 17.1. The van der Waals surface area contributed by atoms with Crippen molar-refractivity contribution in [3.05, 3.63) is 64.3 Å². The molecule has 0 aliphatic carbocycles. The van der Waals surface area contributed by atoms with E-state index in [2.05, 4.69) is 15.3 Å². The van der Waals surface area contributed by atoms with Crippen molar-refractivity contribution in [3.8, 4) is 22.8 Å². The monoisotopic (exact) mass is 440 g/mol. The molecule has 3 rings (SSSR count). The van der Waals surface area contributed by atoms with Crippen LogP contribution >= 0.6 is 11.8 Å².